The Bertz CT molecular complexity index is 1410. The fourth-order valence-corrected chi connectivity index (χ4v) is 4.39. The Balaban J connectivity index is 1.25. The lowest BCUT2D eigenvalue weighted by Gasteiger charge is -2.23. The quantitative estimate of drug-likeness (QED) is 0.392. The zero-order chi connectivity index (χ0) is 24.9. The molecule has 9 heteroatoms. The van der Waals surface area contributed by atoms with Crippen molar-refractivity contribution < 1.29 is 14.4 Å². The smallest absolute Gasteiger partial charge is 0.249 e. The number of anilines is 2. The van der Waals surface area contributed by atoms with Crippen molar-refractivity contribution in [3.8, 4) is 11.1 Å². The van der Waals surface area contributed by atoms with Crippen LogP contribution in [0.2, 0.25) is 0 Å². The predicted molar refractivity (Wildman–Crippen MR) is 136 cm³/mol. The van der Waals surface area contributed by atoms with Gasteiger partial charge in [0.25, 0.3) is 0 Å². The molecule has 0 spiro atoms. The van der Waals surface area contributed by atoms with Gasteiger partial charge in [-0.1, -0.05) is 36.4 Å². The summed E-state index contributed by atoms with van der Waals surface area (Å²) in [7, 11) is 0. The van der Waals surface area contributed by atoms with E-state index in [1.807, 2.05) is 54.6 Å². The molecule has 1 fully saturated rings. The second-order valence-corrected chi connectivity index (χ2v) is 8.56. The zero-order valence-electron chi connectivity index (χ0n) is 19.4. The summed E-state index contributed by atoms with van der Waals surface area (Å²) in [5.74, 6) is 0.336. The summed E-state index contributed by atoms with van der Waals surface area (Å²) in [6.07, 6.45) is 5.54. The van der Waals surface area contributed by atoms with Crippen molar-refractivity contribution in [2.75, 3.05) is 17.2 Å². The topological polar surface area (TPSA) is 117 Å². The van der Waals surface area contributed by atoms with E-state index in [1.54, 1.807) is 23.4 Å². The second kappa shape index (κ2) is 10.3. The number of carbonyl (C=O) groups is 3. The zero-order valence-corrected chi connectivity index (χ0v) is 19.4. The Labute approximate surface area is 207 Å². The highest BCUT2D eigenvalue weighted by molar-refractivity contribution is 5.96. The number of benzene rings is 2. The summed E-state index contributed by atoms with van der Waals surface area (Å²) in [6, 6.07) is 18.3. The van der Waals surface area contributed by atoms with Gasteiger partial charge in [0.2, 0.25) is 24.2 Å². The van der Waals surface area contributed by atoms with Gasteiger partial charge in [-0.05, 0) is 48.2 Å². The molecule has 4 aromatic rings. The molecule has 2 aromatic heterocycles. The minimum absolute atomic E-state index is 0.0602. The Morgan fingerprint density at radius 1 is 1.00 bits per heavy atom. The first-order chi connectivity index (χ1) is 17.6. The number of hydrogen-bond donors (Lipinski definition) is 2. The van der Waals surface area contributed by atoms with Crippen molar-refractivity contribution in [1.82, 2.24) is 19.9 Å². The number of hydrogen-bond acceptors (Lipinski definition) is 6. The first-order valence-electron chi connectivity index (χ1n) is 11.7. The first-order valence-corrected chi connectivity index (χ1v) is 11.7. The van der Waals surface area contributed by atoms with E-state index < -0.39 is 6.04 Å². The van der Waals surface area contributed by atoms with Crippen LogP contribution < -0.4 is 10.6 Å². The van der Waals surface area contributed by atoms with Crippen molar-refractivity contribution in [3.05, 3.63) is 78.6 Å². The number of likely N-dealkylation sites (tertiary alicyclic amines) is 1. The van der Waals surface area contributed by atoms with Crippen LogP contribution in [0.1, 0.15) is 18.4 Å². The molecule has 9 nitrogen and oxygen atoms in total. The van der Waals surface area contributed by atoms with E-state index in [-0.39, 0.29) is 24.2 Å². The van der Waals surface area contributed by atoms with E-state index in [9.17, 15) is 14.4 Å². The van der Waals surface area contributed by atoms with E-state index in [4.69, 9.17) is 0 Å². The molecule has 180 valence electrons. The lowest BCUT2D eigenvalue weighted by Crippen LogP contribution is -2.44. The second-order valence-electron chi connectivity index (χ2n) is 8.56. The highest BCUT2D eigenvalue weighted by atomic mass is 16.2. The Morgan fingerprint density at radius 2 is 1.81 bits per heavy atom. The normalized spacial score (nSPS) is 15.0. The number of aromatic nitrogens is 3. The molecule has 2 N–H and O–H groups in total. The summed E-state index contributed by atoms with van der Waals surface area (Å²) >= 11 is 0. The van der Waals surface area contributed by atoms with Gasteiger partial charge in [-0.15, -0.1) is 0 Å². The summed E-state index contributed by atoms with van der Waals surface area (Å²) in [5.41, 5.74) is 3.35. The minimum Gasteiger partial charge on any atom is -0.330 e. The molecule has 2 aromatic carbocycles. The van der Waals surface area contributed by atoms with Gasteiger partial charge in [0.05, 0.1) is 11.9 Å². The maximum atomic E-state index is 12.9. The van der Waals surface area contributed by atoms with Gasteiger partial charge in [-0.25, -0.2) is 15.0 Å². The Hall–Kier alpha value is -4.66. The Morgan fingerprint density at radius 3 is 2.58 bits per heavy atom. The van der Waals surface area contributed by atoms with Crippen LogP contribution in [-0.4, -0.2) is 50.7 Å². The number of amides is 3. The van der Waals surface area contributed by atoms with Crippen LogP contribution in [0.5, 0.6) is 0 Å². The molecule has 1 atom stereocenters. The monoisotopic (exact) mass is 480 g/mol. The molecule has 0 bridgehead atoms. The average Bonchev–Trinajstić information content (AvgIpc) is 3.40. The molecule has 5 rings (SSSR count). The van der Waals surface area contributed by atoms with Crippen LogP contribution in [-0.2, 0) is 20.8 Å². The molecule has 0 radical (unpaired) electrons. The predicted octanol–water partition coefficient (Wildman–Crippen LogP) is 3.43. The fourth-order valence-electron chi connectivity index (χ4n) is 4.39. The van der Waals surface area contributed by atoms with Crippen molar-refractivity contribution in [1.29, 1.82) is 0 Å². The summed E-state index contributed by atoms with van der Waals surface area (Å²) in [6.45, 7) is 0.563. The maximum Gasteiger partial charge on any atom is 0.249 e. The molecule has 1 unspecified atom stereocenters. The number of rotatable bonds is 7. The molecule has 0 saturated carbocycles. The van der Waals surface area contributed by atoms with Gasteiger partial charge in [-0.2, -0.15) is 0 Å². The van der Waals surface area contributed by atoms with Crippen LogP contribution in [0.4, 0.5) is 11.8 Å². The first kappa shape index (κ1) is 23.1. The van der Waals surface area contributed by atoms with Gasteiger partial charge < -0.3 is 10.2 Å². The molecule has 0 aliphatic carbocycles. The van der Waals surface area contributed by atoms with Crippen LogP contribution in [0.3, 0.4) is 0 Å². The molecule has 1 aliphatic rings. The number of carbonyl (C=O) groups excluding carboxylic acids is 3. The fraction of sp³-hybridized carbons (Fsp3) is 0.185. The van der Waals surface area contributed by atoms with Gasteiger partial charge in [-0.3, -0.25) is 19.7 Å². The minimum atomic E-state index is -0.531. The number of nitrogens with zero attached hydrogens (tertiary/aromatic N) is 4. The Kier molecular flexibility index (Phi) is 6.61. The number of pyridine rings is 1. The third-order valence-electron chi connectivity index (χ3n) is 6.19. The average molecular weight is 481 g/mol. The van der Waals surface area contributed by atoms with E-state index >= 15 is 0 Å². The van der Waals surface area contributed by atoms with Crippen molar-refractivity contribution in [3.63, 3.8) is 0 Å². The molecule has 1 saturated heterocycles. The lowest BCUT2D eigenvalue weighted by atomic mass is 10.1. The molecule has 1 aliphatic heterocycles. The summed E-state index contributed by atoms with van der Waals surface area (Å²) in [5, 5.41) is 6.20. The van der Waals surface area contributed by atoms with E-state index in [0.717, 1.165) is 34.0 Å². The highest BCUT2D eigenvalue weighted by Crippen LogP contribution is 2.25. The van der Waals surface area contributed by atoms with Crippen molar-refractivity contribution in [2.45, 2.75) is 25.3 Å². The standard InChI is InChI=1S/C27H24N6O3/c34-17-30-24-11-9-20-14-19(8-10-22(20)31-24)21-15-28-27(29-16-21)32-26(36)23-7-4-12-33(23)25(35)13-18-5-2-1-3-6-18/h1-3,5-6,8-11,14-17,23H,4,7,12-13H2,(H,30,31,34)(H,28,29,32,36). The van der Waals surface area contributed by atoms with Gasteiger partial charge in [0.15, 0.2) is 0 Å². The van der Waals surface area contributed by atoms with Crippen LogP contribution in [0.15, 0.2) is 73.1 Å². The molecule has 3 amide bonds. The van der Waals surface area contributed by atoms with Crippen molar-refractivity contribution in [2.24, 2.45) is 0 Å². The summed E-state index contributed by atoms with van der Waals surface area (Å²) in [4.78, 5) is 51.0. The summed E-state index contributed by atoms with van der Waals surface area (Å²) < 4.78 is 0. The van der Waals surface area contributed by atoms with E-state index in [2.05, 4.69) is 25.6 Å². The molecule has 36 heavy (non-hydrogen) atoms. The van der Waals surface area contributed by atoms with Crippen LogP contribution in [0, 0.1) is 0 Å². The van der Waals surface area contributed by atoms with Gasteiger partial charge >= 0.3 is 0 Å². The SMILES string of the molecule is O=CNc1ccc2cc(-c3cnc(NC(=O)C4CCCN4C(=O)Cc4ccccc4)nc3)ccc2n1. The third-order valence-corrected chi connectivity index (χ3v) is 6.19. The van der Waals surface area contributed by atoms with Crippen molar-refractivity contribution >= 4 is 40.9 Å². The van der Waals surface area contributed by atoms with E-state index in [0.29, 0.717) is 25.2 Å². The maximum absolute atomic E-state index is 12.9. The molecule has 3 heterocycles. The van der Waals surface area contributed by atoms with Crippen LogP contribution in [0.25, 0.3) is 22.0 Å². The number of fused-ring (bicyclic) bond motifs is 1. The highest BCUT2D eigenvalue weighted by Gasteiger charge is 2.34. The van der Waals surface area contributed by atoms with Gasteiger partial charge in [0, 0.05) is 29.9 Å². The van der Waals surface area contributed by atoms with Crippen LogP contribution >= 0.6 is 0 Å². The van der Waals surface area contributed by atoms with E-state index in [1.165, 1.54) is 0 Å². The lowest BCUT2D eigenvalue weighted by molar-refractivity contribution is -0.136. The number of nitrogens with one attached hydrogen (secondary N) is 2. The molecular formula is C27H24N6O3. The third kappa shape index (κ3) is 5.05. The largest absolute Gasteiger partial charge is 0.330 e. The van der Waals surface area contributed by atoms with Gasteiger partial charge in [0.1, 0.15) is 11.9 Å². The molecular weight excluding hydrogens is 456 g/mol.